The molecule has 0 N–H and O–H groups in total. The second-order valence-electron chi connectivity index (χ2n) is 5.91. The minimum atomic E-state index is -0.582. The predicted molar refractivity (Wildman–Crippen MR) is 110 cm³/mol. The number of nitrogens with zero attached hydrogens (tertiary/aromatic N) is 3. The molecule has 0 radical (unpaired) electrons. The summed E-state index contributed by atoms with van der Waals surface area (Å²) in [7, 11) is 0. The van der Waals surface area contributed by atoms with Gasteiger partial charge in [-0.3, -0.25) is 4.40 Å². The SMILES string of the molecule is O=C(ON=Cc1c(-c2ccccc2)nc2ccc(Cl)cn12)c1ccc(Cl)cc1. The van der Waals surface area contributed by atoms with Crippen molar-refractivity contribution in [3.8, 4) is 11.3 Å². The highest BCUT2D eigenvalue weighted by Gasteiger charge is 2.13. The number of halogens is 2. The first kappa shape index (κ1) is 18.2. The molecule has 4 aromatic rings. The Bertz CT molecular complexity index is 1170. The van der Waals surface area contributed by atoms with Gasteiger partial charge in [0.1, 0.15) is 5.65 Å². The molecule has 138 valence electrons. The Morgan fingerprint density at radius 3 is 2.43 bits per heavy atom. The quantitative estimate of drug-likeness (QED) is 0.254. The number of benzene rings is 2. The van der Waals surface area contributed by atoms with Gasteiger partial charge in [0.2, 0.25) is 0 Å². The highest BCUT2D eigenvalue weighted by molar-refractivity contribution is 6.30. The minimum absolute atomic E-state index is 0.353. The van der Waals surface area contributed by atoms with Gasteiger partial charge in [0.25, 0.3) is 0 Å². The Labute approximate surface area is 170 Å². The highest BCUT2D eigenvalue weighted by Crippen LogP contribution is 2.24. The van der Waals surface area contributed by atoms with E-state index in [0.29, 0.717) is 32.6 Å². The number of hydrogen-bond donors (Lipinski definition) is 0. The van der Waals surface area contributed by atoms with Gasteiger partial charge in [0.05, 0.1) is 28.2 Å². The van der Waals surface area contributed by atoms with E-state index in [0.717, 1.165) is 5.56 Å². The molecule has 0 aliphatic rings. The van der Waals surface area contributed by atoms with Crippen LogP contribution in [0.4, 0.5) is 0 Å². The van der Waals surface area contributed by atoms with Gasteiger partial charge in [-0.2, -0.15) is 0 Å². The van der Waals surface area contributed by atoms with Crippen LogP contribution in [0.5, 0.6) is 0 Å². The van der Waals surface area contributed by atoms with Crippen LogP contribution in [0, 0.1) is 0 Å². The fourth-order valence-electron chi connectivity index (χ4n) is 2.73. The molecule has 2 aromatic carbocycles. The van der Waals surface area contributed by atoms with Gasteiger partial charge in [-0.25, -0.2) is 9.78 Å². The fraction of sp³-hybridized carbons (Fsp3) is 0. The molecule has 0 amide bonds. The molecule has 0 fully saturated rings. The summed E-state index contributed by atoms with van der Waals surface area (Å²) in [5, 5.41) is 4.96. The predicted octanol–water partition coefficient (Wildman–Crippen LogP) is 5.50. The highest BCUT2D eigenvalue weighted by atomic mass is 35.5. The van der Waals surface area contributed by atoms with Crippen LogP contribution in [0.25, 0.3) is 16.9 Å². The first-order chi connectivity index (χ1) is 13.6. The normalized spacial score (nSPS) is 11.2. The molecule has 28 heavy (non-hydrogen) atoms. The lowest BCUT2D eigenvalue weighted by atomic mass is 10.1. The third-order valence-electron chi connectivity index (χ3n) is 4.06. The monoisotopic (exact) mass is 409 g/mol. The Morgan fingerprint density at radius 2 is 1.68 bits per heavy atom. The van der Waals surface area contributed by atoms with Crippen molar-refractivity contribution >= 4 is 41.0 Å². The summed E-state index contributed by atoms with van der Waals surface area (Å²) in [4.78, 5) is 21.8. The summed E-state index contributed by atoms with van der Waals surface area (Å²) < 4.78 is 1.80. The molecule has 0 saturated heterocycles. The molecule has 2 heterocycles. The molecule has 7 heteroatoms. The topological polar surface area (TPSA) is 56.0 Å². The van der Waals surface area contributed by atoms with Crippen molar-refractivity contribution in [2.24, 2.45) is 5.16 Å². The van der Waals surface area contributed by atoms with E-state index in [2.05, 4.69) is 10.1 Å². The van der Waals surface area contributed by atoms with E-state index in [4.69, 9.17) is 28.0 Å². The van der Waals surface area contributed by atoms with Gasteiger partial charge in [-0.05, 0) is 36.4 Å². The summed E-state index contributed by atoms with van der Waals surface area (Å²) in [5.41, 5.74) is 3.31. The van der Waals surface area contributed by atoms with E-state index in [1.165, 1.54) is 6.21 Å². The second-order valence-corrected chi connectivity index (χ2v) is 6.78. The van der Waals surface area contributed by atoms with Crippen molar-refractivity contribution in [3.05, 3.63) is 94.2 Å². The van der Waals surface area contributed by atoms with Crippen molar-refractivity contribution in [1.29, 1.82) is 0 Å². The van der Waals surface area contributed by atoms with E-state index < -0.39 is 5.97 Å². The van der Waals surface area contributed by atoms with Crippen LogP contribution < -0.4 is 0 Å². The molecule has 0 aliphatic heterocycles. The van der Waals surface area contributed by atoms with E-state index in [9.17, 15) is 4.79 Å². The van der Waals surface area contributed by atoms with Crippen molar-refractivity contribution in [2.75, 3.05) is 0 Å². The maximum atomic E-state index is 12.1. The van der Waals surface area contributed by atoms with Crippen LogP contribution in [-0.4, -0.2) is 21.6 Å². The zero-order valence-corrected chi connectivity index (χ0v) is 15.9. The minimum Gasteiger partial charge on any atom is -0.313 e. The Hall–Kier alpha value is -3.15. The molecule has 0 unspecified atom stereocenters. The Morgan fingerprint density at radius 1 is 0.964 bits per heavy atom. The summed E-state index contributed by atoms with van der Waals surface area (Å²) in [6.45, 7) is 0. The Balaban J connectivity index is 1.68. The van der Waals surface area contributed by atoms with Crippen LogP contribution in [0.15, 0.2) is 78.1 Å². The van der Waals surface area contributed by atoms with Crippen molar-refractivity contribution < 1.29 is 9.63 Å². The molecule has 0 saturated carbocycles. The van der Waals surface area contributed by atoms with E-state index in [1.54, 1.807) is 40.9 Å². The van der Waals surface area contributed by atoms with Crippen molar-refractivity contribution in [1.82, 2.24) is 9.38 Å². The van der Waals surface area contributed by atoms with E-state index in [1.807, 2.05) is 36.4 Å². The molecular weight excluding hydrogens is 397 g/mol. The molecule has 0 atom stereocenters. The molecule has 2 aromatic heterocycles. The number of oxime groups is 1. The molecular formula is C21H13Cl2N3O2. The van der Waals surface area contributed by atoms with Crippen LogP contribution in [0.3, 0.4) is 0 Å². The van der Waals surface area contributed by atoms with Crippen molar-refractivity contribution in [3.63, 3.8) is 0 Å². The first-order valence-electron chi connectivity index (χ1n) is 8.35. The van der Waals surface area contributed by atoms with Gasteiger partial charge in [-0.1, -0.05) is 58.7 Å². The third kappa shape index (κ3) is 3.76. The lowest BCUT2D eigenvalue weighted by molar-refractivity contribution is 0.0519. The number of aromatic nitrogens is 2. The van der Waals surface area contributed by atoms with Gasteiger partial charge >= 0.3 is 5.97 Å². The van der Waals surface area contributed by atoms with Gasteiger partial charge in [0.15, 0.2) is 0 Å². The summed E-state index contributed by atoms with van der Waals surface area (Å²) in [5.74, 6) is -0.582. The average Bonchev–Trinajstić information content (AvgIpc) is 3.07. The summed E-state index contributed by atoms with van der Waals surface area (Å²) in [6, 6.07) is 19.6. The standard InChI is InChI=1S/C21H13Cl2N3O2/c22-16-8-6-15(7-9-16)21(27)28-24-12-18-20(14-4-2-1-3-5-14)25-19-11-10-17(23)13-26(18)19/h1-13H. The molecule has 0 spiro atoms. The summed E-state index contributed by atoms with van der Waals surface area (Å²) in [6.07, 6.45) is 3.19. The van der Waals surface area contributed by atoms with E-state index in [-0.39, 0.29) is 0 Å². The molecule has 0 bridgehead atoms. The van der Waals surface area contributed by atoms with Crippen LogP contribution in [0.1, 0.15) is 16.1 Å². The lowest BCUT2D eigenvalue weighted by Crippen LogP contribution is -2.01. The fourth-order valence-corrected chi connectivity index (χ4v) is 3.02. The van der Waals surface area contributed by atoms with Crippen LogP contribution in [0.2, 0.25) is 10.0 Å². The smallest absolute Gasteiger partial charge is 0.313 e. The van der Waals surface area contributed by atoms with Gasteiger partial charge in [0, 0.05) is 16.8 Å². The third-order valence-corrected chi connectivity index (χ3v) is 4.53. The Kier molecular flexibility index (Phi) is 5.10. The molecule has 4 rings (SSSR count). The lowest BCUT2D eigenvalue weighted by Gasteiger charge is -2.01. The number of fused-ring (bicyclic) bond motifs is 1. The number of rotatable bonds is 4. The number of carbonyl (C=O) groups excluding carboxylic acids is 1. The van der Waals surface area contributed by atoms with Gasteiger partial charge in [-0.15, -0.1) is 0 Å². The number of imidazole rings is 1. The zero-order valence-electron chi connectivity index (χ0n) is 14.4. The average molecular weight is 410 g/mol. The van der Waals surface area contributed by atoms with Crippen LogP contribution >= 0.6 is 23.2 Å². The zero-order chi connectivity index (χ0) is 19.5. The molecule has 5 nitrogen and oxygen atoms in total. The largest absolute Gasteiger partial charge is 0.365 e. The number of carbonyl (C=O) groups is 1. The number of hydrogen-bond acceptors (Lipinski definition) is 4. The maximum Gasteiger partial charge on any atom is 0.365 e. The molecule has 0 aliphatic carbocycles. The maximum absolute atomic E-state index is 12.1. The van der Waals surface area contributed by atoms with Crippen molar-refractivity contribution in [2.45, 2.75) is 0 Å². The summed E-state index contributed by atoms with van der Waals surface area (Å²) >= 11 is 12.0. The number of pyridine rings is 1. The van der Waals surface area contributed by atoms with Crippen LogP contribution in [-0.2, 0) is 4.84 Å². The van der Waals surface area contributed by atoms with Gasteiger partial charge < -0.3 is 4.84 Å². The second kappa shape index (κ2) is 7.84. The first-order valence-corrected chi connectivity index (χ1v) is 9.11. The van der Waals surface area contributed by atoms with E-state index >= 15 is 0 Å².